The van der Waals surface area contributed by atoms with Crippen LogP contribution >= 0.6 is 22.9 Å². The third kappa shape index (κ3) is 3.81. The third-order valence-corrected chi connectivity index (χ3v) is 4.73. The second-order valence-electron chi connectivity index (χ2n) is 5.03. The number of hydrogen-bond donors (Lipinski definition) is 1. The van der Waals surface area contributed by atoms with Crippen molar-refractivity contribution in [2.24, 2.45) is 0 Å². The van der Waals surface area contributed by atoms with E-state index in [9.17, 15) is 0 Å². The van der Waals surface area contributed by atoms with Crippen molar-refractivity contribution < 1.29 is 0 Å². The Hall–Kier alpha value is -1.43. The number of pyridine rings is 1. The molecule has 6 heteroatoms. The summed E-state index contributed by atoms with van der Waals surface area (Å²) in [7, 11) is 0. The molecule has 1 aliphatic heterocycles. The normalized spacial score (nSPS) is 16.0. The van der Waals surface area contributed by atoms with Gasteiger partial charge in [-0.2, -0.15) is 0 Å². The summed E-state index contributed by atoms with van der Waals surface area (Å²) in [6, 6.07) is 3.78. The highest BCUT2D eigenvalue weighted by Gasteiger charge is 2.16. The highest BCUT2D eigenvalue weighted by atomic mass is 35.5. The molecule has 0 bridgehead atoms. The van der Waals surface area contributed by atoms with Crippen LogP contribution in [0.2, 0.25) is 5.02 Å². The zero-order valence-corrected chi connectivity index (χ0v) is 13.2. The fourth-order valence-electron chi connectivity index (χ4n) is 2.42. The fraction of sp³-hybridized carbons (Fsp3) is 0.333. The first kappa shape index (κ1) is 14.5. The van der Waals surface area contributed by atoms with Gasteiger partial charge in [0.2, 0.25) is 0 Å². The summed E-state index contributed by atoms with van der Waals surface area (Å²) in [6.07, 6.45) is 7.87. The van der Waals surface area contributed by atoms with Crippen LogP contribution in [-0.2, 0) is 12.8 Å². The predicted molar refractivity (Wildman–Crippen MR) is 88.7 cm³/mol. The van der Waals surface area contributed by atoms with Gasteiger partial charge in [-0.3, -0.25) is 9.88 Å². The topological polar surface area (TPSA) is 55.0 Å². The number of nitrogen functional groups attached to an aromatic ring is 1. The molecule has 2 aromatic rings. The minimum atomic E-state index is 0.664. The maximum Gasteiger partial charge on any atom is 0.180 e. The third-order valence-electron chi connectivity index (χ3n) is 3.52. The first-order valence-corrected chi connectivity index (χ1v) is 8.14. The van der Waals surface area contributed by atoms with Gasteiger partial charge in [-0.1, -0.05) is 17.7 Å². The minimum Gasteiger partial charge on any atom is -0.375 e. The van der Waals surface area contributed by atoms with Gasteiger partial charge < -0.3 is 5.73 Å². The van der Waals surface area contributed by atoms with Crippen LogP contribution in [0.1, 0.15) is 16.3 Å². The van der Waals surface area contributed by atoms with Crippen LogP contribution < -0.4 is 5.73 Å². The molecule has 21 heavy (non-hydrogen) atoms. The number of nitrogens with zero attached hydrogens (tertiary/aromatic N) is 3. The van der Waals surface area contributed by atoms with Crippen LogP contribution in [0.3, 0.4) is 0 Å². The van der Waals surface area contributed by atoms with Gasteiger partial charge in [0.1, 0.15) is 0 Å². The lowest BCUT2D eigenvalue weighted by atomic mass is 10.2. The molecule has 0 radical (unpaired) electrons. The second kappa shape index (κ2) is 6.56. The molecule has 0 saturated carbocycles. The molecule has 0 unspecified atom stereocenters. The Morgan fingerprint density at radius 1 is 1.33 bits per heavy atom. The van der Waals surface area contributed by atoms with Crippen LogP contribution in [0.5, 0.6) is 0 Å². The molecule has 0 amide bonds. The molecule has 2 aromatic heterocycles. The molecule has 0 spiro atoms. The van der Waals surface area contributed by atoms with E-state index in [-0.39, 0.29) is 0 Å². The number of fused-ring (bicyclic) bond motifs is 1. The Morgan fingerprint density at radius 3 is 3.00 bits per heavy atom. The molecule has 110 valence electrons. The number of aromatic nitrogens is 2. The van der Waals surface area contributed by atoms with E-state index >= 15 is 0 Å². The van der Waals surface area contributed by atoms with E-state index in [2.05, 4.69) is 20.9 Å². The van der Waals surface area contributed by atoms with Crippen LogP contribution in [0, 0.1) is 0 Å². The van der Waals surface area contributed by atoms with E-state index in [1.54, 1.807) is 17.5 Å². The summed E-state index contributed by atoms with van der Waals surface area (Å²) in [4.78, 5) is 12.4. The van der Waals surface area contributed by atoms with Gasteiger partial charge in [-0.15, -0.1) is 11.3 Å². The number of thiazole rings is 1. The lowest BCUT2D eigenvalue weighted by Gasteiger charge is -2.17. The second-order valence-corrected chi connectivity index (χ2v) is 6.58. The van der Waals surface area contributed by atoms with E-state index in [1.165, 1.54) is 10.6 Å². The minimum absolute atomic E-state index is 0.664. The first-order chi connectivity index (χ1) is 10.2. The van der Waals surface area contributed by atoms with Gasteiger partial charge in [-0.05, 0) is 24.6 Å². The Bertz CT molecular complexity index is 610. The molecule has 1 aliphatic rings. The zero-order valence-electron chi connectivity index (χ0n) is 11.6. The number of rotatable bonds is 3. The maximum atomic E-state index is 5.82. The van der Waals surface area contributed by atoms with Crippen molar-refractivity contribution >= 4 is 34.1 Å². The van der Waals surface area contributed by atoms with Crippen molar-refractivity contribution in [3.05, 3.63) is 45.7 Å². The molecule has 3 heterocycles. The van der Waals surface area contributed by atoms with Crippen molar-refractivity contribution in [1.29, 1.82) is 0 Å². The average Bonchev–Trinajstić information content (AvgIpc) is 2.73. The molecule has 2 N–H and O–H groups in total. The Morgan fingerprint density at radius 2 is 2.19 bits per heavy atom. The van der Waals surface area contributed by atoms with Crippen LogP contribution in [0.15, 0.2) is 24.4 Å². The Labute approximate surface area is 133 Å². The standard InChI is InChI=1S/C15H17ClN4S/c16-11-3-4-12(18-10-11)2-1-7-20-8-5-13-14(6-9-20)21-15(17)19-13/h1-4,10H,5-9H2,(H2,17,19)/b2-1+. The summed E-state index contributed by atoms with van der Waals surface area (Å²) in [5.41, 5.74) is 7.88. The van der Waals surface area contributed by atoms with E-state index in [0.717, 1.165) is 38.2 Å². The zero-order chi connectivity index (χ0) is 14.7. The highest BCUT2D eigenvalue weighted by molar-refractivity contribution is 7.15. The molecule has 0 aliphatic carbocycles. The van der Waals surface area contributed by atoms with Crippen LogP contribution in [0.25, 0.3) is 6.08 Å². The molecule has 0 atom stereocenters. The van der Waals surface area contributed by atoms with Crippen molar-refractivity contribution in [2.45, 2.75) is 12.8 Å². The highest BCUT2D eigenvalue weighted by Crippen LogP contribution is 2.24. The molecule has 0 aromatic carbocycles. The molecule has 0 saturated heterocycles. The van der Waals surface area contributed by atoms with E-state index in [4.69, 9.17) is 17.3 Å². The van der Waals surface area contributed by atoms with E-state index in [1.807, 2.05) is 18.2 Å². The maximum absolute atomic E-state index is 5.82. The van der Waals surface area contributed by atoms with Crippen LogP contribution in [0.4, 0.5) is 5.13 Å². The number of nitrogens with two attached hydrogens (primary N) is 1. The summed E-state index contributed by atoms with van der Waals surface area (Å²) >= 11 is 7.45. The van der Waals surface area contributed by atoms with Crippen LogP contribution in [-0.4, -0.2) is 34.5 Å². The average molecular weight is 321 g/mol. The SMILES string of the molecule is Nc1nc2c(s1)CCN(C/C=C/c1ccc(Cl)cn1)CC2. The quantitative estimate of drug-likeness (QED) is 0.944. The van der Waals surface area contributed by atoms with E-state index < -0.39 is 0 Å². The fourth-order valence-corrected chi connectivity index (χ4v) is 3.40. The lowest BCUT2D eigenvalue weighted by molar-refractivity contribution is 0.318. The molecule has 3 rings (SSSR count). The van der Waals surface area contributed by atoms with Gasteiger partial charge >= 0.3 is 0 Å². The molecular formula is C15H17ClN4S. The van der Waals surface area contributed by atoms with Crippen molar-refractivity contribution in [3.8, 4) is 0 Å². The van der Waals surface area contributed by atoms with Gasteiger partial charge in [0.15, 0.2) is 5.13 Å². The van der Waals surface area contributed by atoms with Gasteiger partial charge in [-0.25, -0.2) is 4.98 Å². The molecular weight excluding hydrogens is 304 g/mol. The Balaban J connectivity index is 1.55. The lowest BCUT2D eigenvalue weighted by Crippen LogP contribution is -2.26. The van der Waals surface area contributed by atoms with Gasteiger partial charge in [0.05, 0.1) is 16.4 Å². The smallest absolute Gasteiger partial charge is 0.180 e. The summed E-state index contributed by atoms with van der Waals surface area (Å²) < 4.78 is 0. The summed E-state index contributed by atoms with van der Waals surface area (Å²) in [5.74, 6) is 0. The number of anilines is 1. The predicted octanol–water partition coefficient (Wildman–Crippen LogP) is 2.89. The van der Waals surface area contributed by atoms with Crippen molar-refractivity contribution in [3.63, 3.8) is 0 Å². The summed E-state index contributed by atoms with van der Waals surface area (Å²) in [6.45, 7) is 3.00. The Kier molecular flexibility index (Phi) is 4.53. The van der Waals surface area contributed by atoms with Crippen molar-refractivity contribution in [2.75, 3.05) is 25.4 Å². The van der Waals surface area contributed by atoms with E-state index in [0.29, 0.717) is 10.2 Å². The number of halogens is 1. The monoisotopic (exact) mass is 320 g/mol. The first-order valence-electron chi connectivity index (χ1n) is 6.95. The largest absolute Gasteiger partial charge is 0.375 e. The summed E-state index contributed by atoms with van der Waals surface area (Å²) in [5, 5.41) is 1.36. The van der Waals surface area contributed by atoms with Crippen molar-refractivity contribution in [1.82, 2.24) is 14.9 Å². The molecule has 4 nitrogen and oxygen atoms in total. The van der Waals surface area contributed by atoms with Gasteiger partial charge in [0.25, 0.3) is 0 Å². The molecule has 0 fully saturated rings. The number of hydrogen-bond acceptors (Lipinski definition) is 5. The van der Waals surface area contributed by atoms with Gasteiger partial charge in [0, 0.05) is 37.1 Å².